The van der Waals surface area contributed by atoms with E-state index in [1.54, 1.807) is 19.4 Å². The third kappa shape index (κ3) is 1.91. The number of rotatable bonds is 2. The van der Waals surface area contributed by atoms with Gasteiger partial charge in [0.15, 0.2) is 0 Å². The van der Waals surface area contributed by atoms with Gasteiger partial charge < -0.3 is 9.84 Å². The summed E-state index contributed by atoms with van der Waals surface area (Å²) in [5.74, 6) is 0.650. The van der Waals surface area contributed by atoms with Crippen LogP contribution in [-0.2, 0) is 6.61 Å². The molecule has 0 aromatic carbocycles. The maximum absolute atomic E-state index is 8.81. The second-order valence-electron chi connectivity index (χ2n) is 1.98. The maximum atomic E-state index is 8.81. The zero-order valence-corrected chi connectivity index (χ0v) is 7.63. The fourth-order valence-electron chi connectivity index (χ4n) is 0.694. The molecule has 1 rings (SSSR count). The van der Waals surface area contributed by atoms with Gasteiger partial charge in [-0.25, -0.2) is 4.98 Å². The molecule has 60 valence electrons. The smallest absolute Gasteiger partial charge is 0.137 e. The molecule has 1 N–H and O–H groups in total. The van der Waals surface area contributed by atoms with E-state index in [1.165, 1.54) is 0 Å². The van der Waals surface area contributed by atoms with Crippen LogP contribution in [0.1, 0.15) is 5.56 Å². The minimum atomic E-state index is -0.0369. The van der Waals surface area contributed by atoms with E-state index in [2.05, 4.69) is 20.9 Å². The Bertz CT molecular complexity index is 252. The fraction of sp³-hybridized carbons (Fsp3) is 0.286. The Labute approximate surface area is 73.2 Å². The van der Waals surface area contributed by atoms with Gasteiger partial charge in [0.2, 0.25) is 0 Å². The third-order valence-electron chi connectivity index (χ3n) is 1.29. The number of halogens is 1. The monoisotopic (exact) mass is 217 g/mol. The third-order valence-corrected chi connectivity index (χ3v) is 2.01. The Morgan fingerprint density at radius 1 is 1.73 bits per heavy atom. The van der Waals surface area contributed by atoms with Crippen molar-refractivity contribution in [3.8, 4) is 5.75 Å². The Morgan fingerprint density at radius 3 is 3.00 bits per heavy atom. The lowest BCUT2D eigenvalue weighted by Crippen LogP contribution is -1.91. The topological polar surface area (TPSA) is 42.4 Å². The van der Waals surface area contributed by atoms with Crippen LogP contribution >= 0.6 is 15.9 Å². The molecule has 11 heavy (non-hydrogen) atoms. The van der Waals surface area contributed by atoms with Crippen LogP contribution in [0.3, 0.4) is 0 Å². The molecule has 0 spiro atoms. The molecule has 0 aliphatic carbocycles. The molecule has 1 aromatic heterocycles. The van der Waals surface area contributed by atoms with E-state index in [1.807, 2.05) is 0 Å². The van der Waals surface area contributed by atoms with E-state index >= 15 is 0 Å². The molecule has 3 nitrogen and oxygen atoms in total. The molecule has 0 aliphatic rings. The van der Waals surface area contributed by atoms with Gasteiger partial charge in [-0.15, -0.1) is 0 Å². The highest BCUT2D eigenvalue weighted by Gasteiger charge is 2.00. The van der Waals surface area contributed by atoms with Crippen molar-refractivity contribution in [1.82, 2.24) is 4.98 Å². The predicted octanol–water partition coefficient (Wildman–Crippen LogP) is 1.34. The van der Waals surface area contributed by atoms with Crippen LogP contribution in [0.25, 0.3) is 0 Å². The van der Waals surface area contributed by atoms with Crippen molar-refractivity contribution < 1.29 is 9.84 Å². The first-order valence-corrected chi connectivity index (χ1v) is 3.86. The molecule has 1 aromatic rings. The zero-order valence-electron chi connectivity index (χ0n) is 6.04. The van der Waals surface area contributed by atoms with Crippen LogP contribution in [0.2, 0.25) is 0 Å². The zero-order chi connectivity index (χ0) is 8.27. The van der Waals surface area contributed by atoms with Crippen molar-refractivity contribution in [2.75, 3.05) is 7.11 Å². The Hall–Kier alpha value is -0.610. The quantitative estimate of drug-likeness (QED) is 0.761. The van der Waals surface area contributed by atoms with Gasteiger partial charge in [0.25, 0.3) is 0 Å². The highest BCUT2D eigenvalue weighted by atomic mass is 79.9. The molecule has 0 fully saturated rings. The average molecular weight is 218 g/mol. The summed E-state index contributed by atoms with van der Waals surface area (Å²) in [6, 6.07) is 1.73. The first-order valence-electron chi connectivity index (χ1n) is 3.07. The van der Waals surface area contributed by atoms with Gasteiger partial charge in [-0.2, -0.15) is 0 Å². The van der Waals surface area contributed by atoms with Crippen molar-refractivity contribution in [3.05, 3.63) is 22.4 Å². The Balaban J connectivity index is 3.02. The normalized spacial score (nSPS) is 9.73. The molecule has 0 amide bonds. The number of aromatic nitrogens is 1. The summed E-state index contributed by atoms with van der Waals surface area (Å²) < 4.78 is 5.57. The molecule has 1 heterocycles. The SMILES string of the molecule is COc1cnc(Br)c(CO)c1. The number of aliphatic hydroxyl groups is 1. The molecule has 0 bridgehead atoms. The Morgan fingerprint density at radius 2 is 2.45 bits per heavy atom. The number of nitrogens with zero attached hydrogens (tertiary/aromatic N) is 1. The van der Waals surface area contributed by atoms with E-state index in [-0.39, 0.29) is 6.61 Å². The molecule has 0 saturated heterocycles. The van der Waals surface area contributed by atoms with Gasteiger partial charge in [0, 0.05) is 5.56 Å². The largest absolute Gasteiger partial charge is 0.495 e. The lowest BCUT2D eigenvalue weighted by atomic mass is 10.3. The summed E-state index contributed by atoms with van der Waals surface area (Å²) in [4.78, 5) is 3.95. The summed E-state index contributed by atoms with van der Waals surface area (Å²) in [6.45, 7) is -0.0369. The van der Waals surface area contributed by atoms with Gasteiger partial charge in [0.05, 0.1) is 19.9 Å². The summed E-state index contributed by atoms with van der Waals surface area (Å²) in [6.07, 6.45) is 1.59. The summed E-state index contributed by atoms with van der Waals surface area (Å²) >= 11 is 3.19. The number of pyridine rings is 1. The standard InChI is InChI=1S/C7H8BrNO2/c1-11-6-2-5(4-10)7(8)9-3-6/h2-3,10H,4H2,1H3. The molecular formula is C7H8BrNO2. The van der Waals surface area contributed by atoms with Crippen molar-refractivity contribution in [3.63, 3.8) is 0 Å². The molecule has 0 unspecified atom stereocenters. The number of ether oxygens (including phenoxy) is 1. The number of methoxy groups -OCH3 is 1. The van der Waals surface area contributed by atoms with Crippen LogP contribution in [0.4, 0.5) is 0 Å². The van der Waals surface area contributed by atoms with Gasteiger partial charge in [-0.1, -0.05) is 0 Å². The van der Waals surface area contributed by atoms with Crippen LogP contribution < -0.4 is 4.74 Å². The molecule has 0 atom stereocenters. The van der Waals surface area contributed by atoms with E-state index in [9.17, 15) is 0 Å². The maximum Gasteiger partial charge on any atom is 0.137 e. The lowest BCUT2D eigenvalue weighted by Gasteiger charge is -2.02. The summed E-state index contributed by atoms with van der Waals surface area (Å²) in [5, 5.41) is 8.81. The number of hydrogen-bond acceptors (Lipinski definition) is 3. The second-order valence-corrected chi connectivity index (χ2v) is 2.73. The van der Waals surface area contributed by atoms with Crippen LogP contribution in [0.5, 0.6) is 5.75 Å². The first-order chi connectivity index (χ1) is 5.27. The van der Waals surface area contributed by atoms with Crippen LogP contribution in [-0.4, -0.2) is 17.2 Å². The first kappa shape index (κ1) is 8.49. The van der Waals surface area contributed by atoms with Crippen LogP contribution in [0.15, 0.2) is 16.9 Å². The Kier molecular flexibility index (Phi) is 2.84. The minimum Gasteiger partial charge on any atom is -0.495 e. The number of aliphatic hydroxyl groups excluding tert-OH is 1. The van der Waals surface area contributed by atoms with Crippen molar-refractivity contribution in [2.45, 2.75) is 6.61 Å². The highest BCUT2D eigenvalue weighted by molar-refractivity contribution is 9.10. The van der Waals surface area contributed by atoms with Gasteiger partial charge in [-0.3, -0.25) is 0 Å². The average Bonchev–Trinajstić information content (AvgIpc) is 2.05. The molecule has 0 saturated carbocycles. The molecule has 0 radical (unpaired) electrons. The van der Waals surface area contributed by atoms with E-state index in [0.717, 1.165) is 5.56 Å². The lowest BCUT2D eigenvalue weighted by molar-refractivity contribution is 0.279. The van der Waals surface area contributed by atoms with E-state index in [4.69, 9.17) is 9.84 Å². The van der Waals surface area contributed by atoms with E-state index < -0.39 is 0 Å². The summed E-state index contributed by atoms with van der Waals surface area (Å²) in [5.41, 5.74) is 0.726. The van der Waals surface area contributed by atoms with E-state index in [0.29, 0.717) is 10.4 Å². The second kappa shape index (κ2) is 3.69. The molecule has 4 heteroatoms. The fourth-order valence-corrected chi connectivity index (χ4v) is 1.04. The predicted molar refractivity (Wildman–Crippen MR) is 44.4 cm³/mol. The van der Waals surface area contributed by atoms with Crippen molar-refractivity contribution in [2.24, 2.45) is 0 Å². The van der Waals surface area contributed by atoms with Crippen molar-refractivity contribution >= 4 is 15.9 Å². The highest BCUT2D eigenvalue weighted by Crippen LogP contribution is 2.18. The number of hydrogen-bond donors (Lipinski definition) is 1. The van der Waals surface area contributed by atoms with Gasteiger partial charge in [-0.05, 0) is 22.0 Å². The summed E-state index contributed by atoms with van der Waals surface area (Å²) in [7, 11) is 1.56. The minimum absolute atomic E-state index is 0.0369. The van der Waals surface area contributed by atoms with Gasteiger partial charge in [0.1, 0.15) is 10.4 Å². The van der Waals surface area contributed by atoms with Crippen LogP contribution in [0, 0.1) is 0 Å². The van der Waals surface area contributed by atoms with Gasteiger partial charge >= 0.3 is 0 Å². The molecule has 0 aliphatic heterocycles. The molecular weight excluding hydrogens is 210 g/mol. The van der Waals surface area contributed by atoms with Crippen molar-refractivity contribution in [1.29, 1.82) is 0 Å².